The molecule has 5 heteroatoms. The van der Waals surface area contributed by atoms with E-state index in [2.05, 4.69) is 10.2 Å². The van der Waals surface area contributed by atoms with Crippen LogP contribution >= 0.6 is 0 Å². The standard InChI is InChI=1S/C16H12FN3O/c17-11-6-7-12(15(21)8-11)14-9-13(16(18)20-19-14)10-4-2-1-3-5-10/h1-9,21H,(H2,18,20). The van der Waals surface area contributed by atoms with Crippen molar-refractivity contribution in [3.05, 3.63) is 60.4 Å². The van der Waals surface area contributed by atoms with Crippen LogP contribution in [0.5, 0.6) is 5.75 Å². The van der Waals surface area contributed by atoms with Crippen molar-refractivity contribution in [2.24, 2.45) is 0 Å². The summed E-state index contributed by atoms with van der Waals surface area (Å²) in [7, 11) is 0. The summed E-state index contributed by atoms with van der Waals surface area (Å²) in [6, 6.07) is 15.0. The first-order valence-corrected chi connectivity index (χ1v) is 6.32. The number of anilines is 1. The van der Waals surface area contributed by atoms with Crippen LogP contribution in [0.3, 0.4) is 0 Å². The number of aromatic hydroxyl groups is 1. The molecule has 0 aliphatic rings. The van der Waals surface area contributed by atoms with Crippen LogP contribution in [0.1, 0.15) is 0 Å². The van der Waals surface area contributed by atoms with E-state index in [4.69, 9.17) is 5.73 Å². The molecule has 0 amide bonds. The SMILES string of the molecule is Nc1nnc(-c2ccc(F)cc2O)cc1-c1ccccc1. The van der Waals surface area contributed by atoms with Crippen molar-refractivity contribution >= 4 is 5.82 Å². The van der Waals surface area contributed by atoms with E-state index in [1.165, 1.54) is 12.1 Å². The highest BCUT2D eigenvalue weighted by molar-refractivity contribution is 5.78. The molecule has 3 rings (SSSR count). The Hall–Kier alpha value is -2.95. The molecular formula is C16H12FN3O. The monoisotopic (exact) mass is 281 g/mol. The number of aromatic nitrogens is 2. The summed E-state index contributed by atoms with van der Waals surface area (Å²) in [5, 5.41) is 17.7. The molecule has 104 valence electrons. The lowest BCUT2D eigenvalue weighted by atomic mass is 10.0. The number of hydrogen-bond donors (Lipinski definition) is 2. The fraction of sp³-hybridized carbons (Fsp3) is 0. The molecule has 0 spiro atoms. The molecule has 1 heterocycles. The Morgan fingerprint density at radius 2 is 1.67 bits per heavy atom. The molecule has 3 aromatic rings. The highest BCUT2D eigenvalue weighted by Crippen LogP contribution is 2.32. The van der Waals surface area contributed by atoms with E-state index in [-0.39, 0.29) is 5.75 Å². The Morgan fingerprint density at radius 1 is 0.905 bits per heavy atom. The number of halogens is 1. The van der Waals surface area contributed by atoms with Crippen LogP contribution in [0, 0.1) is 5.82 Å². The Kier molecular flexibility index (Phi) is 3.23. The Balaban J connectivity index is 2.14. The number of benzene rings is 2. The van der Waals surface area contributed by atoms with Gasteiger partial charge in [-0.05, 0) is 23.8 Å². The van der Waals surface area contributed by atoms with Gasteiger partial charge < -0.3 is 10.8 Å². The lowest BCUT2D eigenvalue weighted by molar-refractivity contribution is 0.471. The summed E-state index contributed by atoms with van der Waals surface area (Å²) in [6.45, 7) is 0. The van der Waals surface area contributed by atoms with Crippen molar-refractivity contribution in [1.29, 1.82) is 0 Å². The molecule has 0 atom stereocenters. The zero-order valence-electron chi connectivity index (χ0n) is 11.0. The molecule has 2 aromatic carbocycles. The van der Waals surface area contributed by atoms with E-state index in [0.29, 0.717) is 22.6 Å². The first-order chi connectivity index (χ1) is 10.1. The lowest BCUT2D eigenvalue weighted by Gasteiger charge is -2.08. The number of hydrogen-bond acceptors (Lipinski definition) is 4. The van der Waals surface area contributed by atoms with Crippen LogP contribution in [0.2, 0.25) is 0 Å². The Bertz CT molecular complexity index is 791. The van der Waals surface area contributed by atoms with Gasteiger partial charge in [-0.3, -0.25) is 0 Å². The molecule has 0 fully saturated rings. The van der Waals surface area contributed by atoms with Crippen molar-refractivity contribution < 1.29 is 9.50 Å². The number of phenols is 1. The quantitative estimate of drug-likeness (QED) is 0.756. The third-order valence-electron chi connectivity index (χ3n) is 3.14. The molecule has 1 aromatic heterocycles. The van der Waals surface area contributed by atoms with Crippen LogP contribution in [-0.2, 0) is 0 Å². The highest BCUT2D eigenvalue weighted by atomic mass is 19.1. The summed E-state index contributed by atoms with van der Waals surface area (Å²) in [6.07, 6.45) is 0. The maximum atomic E-state index is 13.1. The molecule has 4 nitrogen and oxygen atoms in total. The molecule has 21 heavy (non-hydrogen) atoms. The summed E-state index contributed by atoms with van der Waals surface area (Å²) in [5.41, 5.74) is 8.31. The van der Waals surface area contributed by atoms with Crippen LogP contribution < -0.4 is 5.73 Å². The van der Waals surface area contributed by atoms with E-state index in [0.717, 1.165) is 11.6 Å². The second kappa shape index (κ2) is 5.20. The maximum absolute atomic E-state index is 13.1. The zero-order chi connectivity index (χ0) is 14.8. The average molecular weight is 281 g/mol. The molecule has 0 saturated heterocycles. The molecule has 0 aliphatic heterocycles. The predicted molar refractivity (Wildman–Crippen MR) is 78.9 cm³/mol. The van der Waals surface area contributed by atoms with Crippen LogP contribution in [0.15, 0.2) is 54.6 Å². The lowest BCUT2D eigenvalue weighted by Crippen LogP contribution is -1.98. The van der Waals surface area contributed by atoms with Crippen molar-refractivity contribution in [3.8, 4) is 28.1 Å². The minimum Gasteiger partial charge on any atom is -0.507 e. The van der Waals surface area contributed by atoms with Crippen molar-refractivity contribution in [3.63, 3.8) is 0 Å². The van der Waals surface area contributed by atoms with Gasteiger partial charge in [-0.25, -0.2) is 4.39 Å². The van der Waals surface area contributed by atoms with E-state index >= 15 is 0 Å². The van der Waals surface area contributed by atoms with E-state index in [1.807, 2.05) is 30.3 Å². The summed E-state index contributed by atoms with van der Waals surface area (Å²) < 4.78 is 13.1. The van der Waals surface area contributed by atoms with Crippen LogP contribution in [0.25, 0.3) is 22.4 Å². The fourth-order valence-electron chi connectivity index (χ4n) is 2.10. The van der Waals surface area contributed by atoms with E-state index < -0.39 is 5.82 Å². The van der Waals surface area contributed by atoms with Gasteiger partial charge in [0.2, 0.25) is 0 Å². The van der Waals surface area contributed by atoms with Gasteiger partial charge in [0.15, 0.2) is 5.82 Å². The van der Waals surface area contributed by atoms with Gasteiger partial charge in [0.1, 0.15) is 11.6 Å². The number of rotatable bonds is 2. The maximum Gasteiger partial charge on any atom is 0.154 e. The Labute approximate surface area is 120 Å². The van der Waals surface area contributed by atoms with Gasteiger partial charge in [0.25, 0.3) is 0 Å². The smallest absolute Gasteiger partial charge is 0.154 e. The second-order valence-corrected chi connectivity index (χ2v) is 4.56. The highest BCUT2D eigenvalue weighted by Gasteiger charge is 2.11. The predicted octanol–water partition coefficient (Wildman–Crippen LogP) is 3.24. The minimum atomic E-state index is -0.511. The first kappa shape index (κ1) is 13.1. The van der Waals surface area contributed by atoms with E-state index in [1.54, 1.807) is 6.07 Å². The summed E-state index contributed by atoms with van der Waals surface area (Å²) in [4.78, 5) is 0. The number of nitrogen functional groups attached to an aromatic ring is 1. The number of phenolic OH excluding ortho intramolecular Hbond substituents is 1. The Morgan fingerprint density at radius 3 is 2.38 bits per heavy atom. The number of nitrogens with zero attached hydrogens (tertiary/aromatic N) is 2. The molecule has 0 bridgehead atoms. The van der Waals surface area contributed by atoms with Gasteiger partial charge in [-0.1, -0.05) is 30.3 Å². The molecule has 0 unspecified atom stereocenters. The van der Waals surface area contributed by atoms with Gasteiger partial charge in [-0.2, -0.15) is 0 Å². The van der Waals surface area contributed by atoms with Crippen LogP contribution in [0.4, 0.5) is 10.2 Å². The summed E-state index contributed by atoms with van der Waals surface area (Å²) in [5.74, 6) is -0.400. The summed E-state index contributed by atoms with van der Waals surface area (Å²) >= 11 is 0. The molecule has 0 saturated carbocycles. The van der Waals surface area contributed by atoms with Crippen molar-refractivity contribution in [2.75, 3.05) is 5.73 Å². The van der Waals surface area contributed by atoms with Gasteiger partial charge in [-0.15, -0.1) is 10.2 Å². The van der Waals surface area contributed by atoms with Gasteiger partial charge in [0.05, 0.1) is 5.69 Å². The largest absolute Gasteiger partial charge is 0.507 e. The molecular weight excluding hydrogens is 269 g/mol. The second-order valence-electron chi connectivity index (χ2n) is 4.56. The fourth-order valence-corrected chi connectivity index (χ4v) is 2.10. The van der Waals surface area contributed by atoms with Crippen LogP contribution in [-0.4, -0.2) is 15.3 Å². The molecule has 0 radical (unpaired) electrons. The first-order valence-electron chi connectivity index (χ1n) is 6.32. The third-order valence-corrected chi connectivity index (χ3v) is 3.14. The normalized spacial score (nSPS) is 10.5. The topological polar surface area (TPSA) is 72.0 Å². The van der Waals surface area contributed by atoms with Crippen molar-refractivity contribution in [1.82, 2.24) is 10.2 Å². The van der Waals surface area contributed by atoms with Gasteiger partial charge >= 0.3 is 0 Å². The average Bonchev–Trinajstić information content (AvgIpc) is 2.49. The van der Waals surface area contributed by atoms with Crippen molar-refractivity contribution in [2.45, 2.75) is 0 Å². The minimum absolute atomic E-state index is 0.187. The molecule has 3 N–H and O–H groups in total. The third kappa shape index (κ3) is 2.53. The number of nitrogens with two attached hydrogens (primary N) is 1. The van der Waals surface area contributed by atoms with E-state index in [9.17, 15) is 9.50 Å². The zero-order valence-corrected chi connectivity index (χ0v) is 11.0. The van der Waals surface area contributed by atoms with Gasteiger partial charge in [0, 0.05) is 17.2 Å². The molecule has 0 aliphatic carbocycles.